The molecule has 2 N–H and O–H groups in total. The number of anilines is 2. The Morgan fingerprint density at radius 3 is 2.03 bits per heavy atom. The smallest absolute Gasteiger partial charge is 0.254 e. The second kappa shape index (κ2) is 9.46. The largest absolute Gasteiger partial charge is 0.399 e. The SMILES string of the molecule is Nc1ccc(C(=O)N2CC(=O)N(Cc3ccc(C(=O)N4CC=CC4)cc3)c3ccccc3C2)cc1. The first-order valence-corrected chi connectivity index (χ1v) is 11.6. The number of nitrogens with two attached hydrogens (primary N) is 1. The van der Waals surface area contributed by atoms with Gasteiger partial charge >= 0.3 is 0 Å². The minimum absolute atomic E-state index is 0.00503. The van der Waals surface area contributed by atoms with E-state index in [4.69, 9.17) is 5.73 Å². The van der Waals surface area contributed by atoms with Crippen molar-refractivity contribution in [2.75, 3.05) is 30.3 Å². The normalized spacial score (nSPS) is 15.2. The lowest BCUT2D eigenvalue weighted by Gasteiger charge is -2.23. The summed E-state index contributed by atoms with van der Waals surface area (Å²) in [6, 6.07) is 21.7. The molecule has 5 rings (SSSR count). The monoisotopic (exact) mass is 466 g/mol. The highest BCUT2D eigenvalue weighted by atomic mass is 16.2. The molecule has 0 spiro atoms. The zero-order valence-corrected chi connectivity index (χ0v) is 19.3. The van der Waals surface area contributed by atoms with E-state index in [-0.39, 0.29) is 24.3 Å². The van der Waals surface area contributed by atoms with Crippen LogP contribution in [0.1, 0.15) is 31.8 Å². The fraction of sp³-hybridized carbons (Fsp3) is 0.179. The molecule has 176 valence electrons. The Kier molecular flexibility index (Phi) is 6.06. The topological polar surface area (TPSA) is 87.0 Å². The maximum atomic E-state index is 13.4. The van der Waals surface area contributed by atoms with Gasteiger partial charge < -0.3 is 20.4 Å². The van der Waals surface area contributed by atoms with Crippen LogP contribution >= 0.6 is 0 Å². The zero-order valence-electron chi connectivity index (χ0n) is 19.3. The third-order valence-electron chi connectivity index (χ3n) is 6.36. The first-order chi connectivity index (χ1) is 17.0. The lowest BCUT2D eigenvalue weighted by atomic mass is 10.1. The highest BCUT2D eigenvalue weighted by Gasteiger charge is 2.29. The molecule has 3 aromatic rings. The number of carbonyl (C=O) groups excluding carboxylic acids is 3. The average molecular weight is 467 g/mol. The molecule has 2 aliphatic rings. The molecule has 0 unspecified atom stereocenters. The zero-order chi connectivity index (χ0) is 24.4. The lowest BCUT2D eigenvalue weighted by Crippen LogP contribution is -2.39. The van der Waals surface area contributed by atoms with E-state index in [0.29, 0.717) is 43.0 Å². The fourth-order valence-corrected chi connectivity index (χ4v) is 4.44. The molecule has 0 aliphatic carbocycles. The molecular formula is C28H26N4O3. The third-order valence-corrected chi connectivity index (χ3v) is 6.36. The van der Waals surface area contributed by atoms with Gasteiger partial charge in [-0.2, -0.15) is 0 Å². The Labute approximate surface area is 204 Å². The summed E-state index contributed by atoms with van der Waals surface area (Å²) in [6.45, 7) is 1.91. The van der Waals surface area contributed by atoms with E-state index in [1.54, 1.807) is 51.1 Å². The Hall–Kier alpha value is -4.39. The number of para-hydroxylation sites is 1. The van der Waals surface area contributed by atoms with Crippen molar-refractivity contribution in [2.45, 2.75) is 13.1 Å². The molecule has 7 nitrogen and oxygen atoms in total. The maximum Gasteiger partial charge on any atom is 0.254 e. The van der Waals surface area contributed by atoms with E-state index in [1.165, 1.54) is 0 Å². The summed E-state index contributed by atoms with van der Waals surface area (Å²) < 4.78 is 0. The van der Waals surface area contributed by atoms with Gasteiger partial charge in [0.25, 0.3) is 11.8 Å². The van der Waals surface area contributed by atoms with Gasteiger partial charge in [0, 0.05) is 42.1 Å². The van der Waals surface area contributed by atoms with E-state index in [1.807, 2.05) is 48.6 Å². The number of fused-ring (bicyclic) bond motifs is 1. The third kappa shape index (κ3) is 4.66. The van der Waals surface area contributed by atoms with Crippen LogP contribution in [0, 0.1) is 0 Å². The van der Waals surface area contributed by atoms with Crippen molar-refractivity contribution in [3.05, 3.63) is 107 Å². The van der Waals surface area contributed by atoms with Gasteiger partial charge in [0.05, 0.1) is 6.54 Å². The number of hydrogen-bond donors (Lipinski definition) is 1. The molecule has 7 heteroatoms. The van der Waals surface area contributed by atoms with Crippen LogP contribution in [0.3, 0.4) is 0 Å². The molecule has 2 aliphatic heterocycles. The van der Waals surface area contributed by atoms with Gasteiger partial charge in [0.15, 0.2) is 0 Å². The van der Waals surface area contributed by atoms with Crippen LogP contribution in [0.15, 0.2) is 84.9 Å². The van der Waals surface area contributed by atoms with Crippen LogP contribution in [0.5, 0.6) is 0 Å². The van der Waals surface area contributed by atoms with Gasteiger partial charge in [-0.1, -0.05) is 42.5 Å². The Morgan fingerprint density at radius 1 is 0.743 bits per heavy atom. The Balaban J connectivity index is 1.37. The predicted molar refractivity (Wildman–Crippen MR) is 135 cm³/mol. The molecule has 2 heterocycles. The van der Waals surface area contributed by atoms with Crippen molar-refractivity contribution in [3.63, 3.8) is 0 Å². The van der Waals surface area contributed by atoms with Crippen molar-refractivity contribution >= 4 is 29.1 Å². The molecule has 35 heavy (non-hydrogen) atoms. The van der Waals surface area contributed by atoms with Gasteiger partial charge in [0.2, 0.25) is 5.91 Å². The van der Waals surface area contributed by atoms with E-state index in [0.717, 1.165) is 16.8 Å². The standard InChI is InChI=1S/C28H26N4O3/c29-24-13-11-22(12-14-24)28(35)31-18-23-5-1-2-6-25(23)32(26(33)19-31)17-20-7-9-21(10-8-20)27(34)30-15-3-4-16-30/h1-14H,15-19,29H2. The predicted octanol–water partition coefficient (Wildman–Crippen LogP) is 3.47. The number of amides is 3. The molecule has 0 radical (unpaired) electrons. The minimum Gasteiger partial charge on any atom is -0.399 e. The summed E-state index contributed by atoms with van der Waals surface area (Å²) in [4.78, 5) is 44.2. The molecule has 3 amide bonds. The van der Waals surface area contributed by atoms with Crippen LogP contribution < -0.4 is 10.6 Å². The first-order valence-electron chi connectivity index (χ1n) is 11.6. The van der Waals surface area contributed by atoms with E-state index >= 15 is 0 Å². The summed E-state index contributed by atoms with van der Waals surface area (Å²) in [5.41, 5.74) is 10.0. The summed E-state index contributed by atoms with van der Waals surface area (Å²) in [7, 11) is 0. The summed E-state index contributed by atoms with van der Waals surface area (Å²) in [5.74, 6) is -0.383. The average Bonchev–Trinajstić information content (AvgIpc) is 3.38. The van der Waals surface area contributed by atoms with E-state index in [2.05, 4.69) is 0 Å². The maximum absolute atomic E-state index is 13.4. The molecular weight excluding hydrogens is 440 g/mol. The van der Waals surface area contributed by atoms with E-state index in [9.17, 15) is 14.4 Å². The second-order valence-corrected chi connectivity index (χ2v) is 8.77. The van der Waals surface area contributed by atoms with Crippen molar-refractivity contribution in [2.24, 2.45) is 0 Å². The van der Waals surface area contributed by atoms with Gasteiger partial charge in [-0.15, -0.1) is 0 Å². The van der Waals surface area contributed by atoms with Gasteiger partial charge in [-0.3, -0.25) is 14.4 Å². The summed E-state index contributed by atoms with van der Waals surface area (Å²) in [6.07, 6.45) is 3.96. The summed E-state index contributed by atoms with van der Waals surface area (Å²) in [5, 5.41) is 0. The van der Waals surface area contributed by atoms with Crippen LogP contribution in [-0.2, 0) is 17.9 Å². The quantitative estimate of drug-likeness (QED) is 0.471. The number of benzene rings is 3. The number of nitrogen functional groups attached to an aromatic ring is 1. The number of rotatable bonds is 4. The molecule has 0 atom stereocenters. The van der Waals surface area contributed by atoms with Gasteiger partial charge in [-0.25, -0.2) is 0 Å². The number of carbonyl (C=O) groups is 3. The van der Waals surface area contributed by atoms with Crippen molar-refractivity contribution in [1.29, 1.82) is 0 Å². The minimum atomic E-state index is -0.214. The van der Waals surface area contributed by atoms with Crippen LogP contribution in [0.25, 0.3) is 0 Å². The number of hydrogen-bond acceptors (Lipinski definition) is 4. The second-order valence-electron chi connectivity index (χ2n) is 8.77. The van der Waals surface area contributed by atoms with Gasteiger partial charge in [0.1, 0.15) is 6.54 Å². The molecule has 0 fully saturated rings. The van der Waals surface area contributed by atoms with Crippen LogP contribution in [0.2, 0.25) is 0 Å². The molecule has 3 aromatic carbocycles. The Morgan fingerprint density at radius 2 is 1.34 bits per heavy atom. The van der Waals surface area contributed by atoms with Crippen molar-refractivity contribution in [1.82, 2.24) is 9.80 Å². The first kappa shape index (κ1) is 22.4. The van der Waals surface area contributed by atoms with Crippen LogP contribution in [-0.4, -0.2) is 47.2 Å². The van der Waals surface area contributed by atoms with Crippen LogP contribution in [0.4, 0.5) is 11.4 Å². The highest BCUT2D eigenvalue weighted by Crippen LogP contribution is 2.28. The molecule has 0 saturated heterocycles. The molecule has 0 aromatic heterocycles. The van der Waals surface area contributed by atoms with Gasteiger partial charge in [-0.05, 0) is 53.6 Å². The summed E-state index contributed by atoms with van der Waals surface area (Å²) >= 11 is 0. The van der Waals surface area contributed by atoms with Crippen molar-refractivity contribution in [3.8, 4) is 0 Å². The fourth-order valence-electron chi connectivity index (χ4n) is 4.44. The van der Waals surface area contributed by atoms with E-state index < -0.39 is 0 Å². The Bertz CT molecular complexity index is 1290. The molecule has 0 saturated carbocycles. The molecule has 0 bridgehead atoms. The number of nitrogens with zero attached hydrogens (tertiary/aromatic N) is 3. The van der Waals surface area contributed by atoms with Crippen molar-refractivity contribution < 1.29 is 14.4 Å². The lowest BCUT2D eigenvalue weighted by molar-refractivity contribution is -0.119. The highest BCUT2D eigenvalue weighted by molar-refractivity contribution is 6.02.